The van der Waals surface area contributed by atoms with Gasteiger partial charge in [0, 0.05) is 13.1 Å². The molecule has 0 amide bonds. The molecule has 0 heterocycles. The molecule has 0 spiro atoms. The molecule has 4 nitrogen and oxygen atoms in total. The summed E-state index contributed by atoms with van der Waals surface area (Å²) in [6.07, 6.45) is 0.724. The van der Waals surface area contributed by atoms with Crippen molar-refractivity contribution in [3.05, 3.63) is 29.6 Å². The highest BCUT2D eigenvalue weighted by molar-refractivity contribution is 7.89. The van der Waals surface area contributed by atoms with Crippen LogP contribution < -0.4 is 0 Å². The Balaban J connectivity index is 3.14. The second-order valence-electron chi connectivity index (χ2n) is 5.25. The minimum Gasteiger partial charge on any atom is -0.207 e. The van der Waals surface area contributed by atoms with Gasteiger partial charge in [-0.2, -0.15) is 9.57 Å². The second kappa shape index (κ2) is 6.33. The zero-order chi connectivity index (χ0) is 15.5. The molecule has 0 fully saturated rings. The van der Waals surface area contributed by atoms with Gasteiger partial charge >= 0.3 is 0 Å². The maximum Gasteiger partial charge on any atom is 0.243 e. The van der Waals surface area contributed by atoms with Crippen LogP contribution >= 0.6 is 0 Å². The molecule has 0 radical (unpaired) electrons. The van der Waals surface area contributed by atoms with Gasteiger partial charge in [0.1, 0.15) is 11.9 Å². The van der Waals surface area contributed by atoms with Gasteiger partial charge in [0.25, 0.3) is 0 Å². The fraction of sp³-hybridized carbons (Fsp3) is 0.500. The van der Waals surface area contributed by atoms with E-state index < -0.39 is 15.8 Å². The van der Waals surface area contributed by atoms with E-state index in [1.807, 2.05) is 20.8 Å². The highest BCUT2D eigenvalue weighted by Crippen LogP contribution is 2.21. The fourth-order valence-corrected chi connectivity index (χ4v) is 3.38. The highest BCUT2D eigenvalue weighted by Gasteiger charge is 2.26. The van der Waals surface area contributed by atoms with Crippen molar-refractivity contribution >= 4 is 10.0 Å². The third-order valence-electron chi connectivity index (χ3n) is 3.17. The molecular formula is C14H19FN2O2S. The summed E-state index contributed by atoms with van der Waals surface area (Å²) in [6, 6.07) is 4.74. The van der Waals surface area contributed by atoms with Crippen LogP contribution in [0.1, 0.15) is 32.8 Å². The van der Waals surface area contributed by atoms with Crippen molar-refractivity contribution in [2.45, 2.75) is 38.1 Å². The topological polar surface area (TPSA) is 61.2 Å². The van der Waals surface area contributed by atoms with Crippen molar-refractivity contribution in [2.24, 2.45) is 5.92 Å². The van der Waals surface area contributed by atoms with Gasteiger partial charge in [-0.25, -0.2) is 12.8 Å². The summed E-state index contributed by atoms with van der Waals surface area (Å²) < 4.78 is 39.4. The molecule has 1 unspecified atom stereocenters. The third kappa shape index (κ3) is 3.56. The Morgan fingerprint density at radius 3 is 2.45 bits per heavy atom. The van der Waals surface area contributed by atoms with Gasteiger partial charge in [-0.1, -0.05) is 13.8 Å². The van der Waals surface area contributed by atoms with E-state index in [1.54, 1.807) is 6.07 Å². The first-order chi connectivity index (χ1) is 9.20. The number of halogens is 1. The van der Waals surface area contributed by atoms with Crippen molar-refractivity contribution in [1.82, 2.24) is 4.31 Å². The number of sulfonamides is 1. The normalized spacial score (nSPS) is 13.5. The highest BCUT2D eigenvalue weighted by atomic mass is 32.2. The van der Waals surface area contributed by atoms with E-state index >= 15 is 0 Å². The number of hydrogen-bond acceptors (Lipinski definition) is 3. The van der Waals surface area contributed by atoms with Crippen LogP contribution in [-0.4, -0.2) is 25.8 Å². The Labute approximate surface area is 119 Å². The maximum absolute atomic E-state index is 13.3. The van der Waals surface area contributed by atoms with Gasteiger partial charge in [0.2, 0.25) is 10.0 Å². The van der Waals surface area contributed by atoms with E-state index in [9.17, 15) is 12.8 Å². The Kier molecular flexibility index (Phi) is 5.26. The molecule has 0 bridgehead atoms. The van der Waals surface area contributed by atoms with Crippen molar-refractivity contribution in [1.29, 1.82) is 5.26 Å². The average Bonchev–Trinajstić information content (AvgIpc) is 2.37. The fourth-order valence-electron chi connectivity index (χ4n) is 1.98. The molecule has 0 N–H and O–H groups in total. The van der Waals surface area contributed by atoms with E-state index in [1.165, 1.54) is 17.4 Å². The number of nitrogens with zero attached hydrogens (tertiary/aromatic N) is 2. The monoisotopic (exact) mass is 298 g/mol. The van der Waals surface area contributed by atoms with Crippen LogP contribution in [0.4, 0.5) is 4.39 Å². The van der Waals surface area contributed by atoms with Gasteiger partial charge < -0.3 is 0 Å². The van der Waals surface area contributed by atoms with Gasteiger partial charge in [-0.05, 0) is 37.5 Å². The van der Waals surface area contributed by atoms with Crippen molar-refractivity contribution in [3.63, 3.8) is 0 Å². The molecule has 1 atom stereocenters. The molecule has 6 heteroatoms. The summed E-state index contributed by atoms with van der Waals surface area (Å²) in [5.41, 5.74) is -0.268. The first kappa shape index (κ1) is 16.6. The summed E-state index contributed by atoms with van der Waals surface area (Å²) in [5, 5.41) is 8.78. The largest absolute Gasteiger partial charge is 0.243 e. The predicted molar refractivity (Wildman–Crippen MR) is 75.0 cm³/mol. The molecule has 0 saturated carbocycles. The zero-order valence-electron chi connectivity index (χ0n) is 12.1. The van der Waals surface area contributed by atoms with Crippen LogP contribution in [0.15, 0.2) is 23.1 Å². The van der Waals surface area contributed by atoms with Crippen LogP contribution in [-0.2, 0) is 10.0 Å². The number of nitriles is 1. The van der Waals surface area contributed by atoms with E-state index in [2.05, 4.69) is 0 Å². The van der Waals surface area contributed by atoms with Crippen molar-refractivity contribution < 1.29 is 12.8 Å². The smallest absolute Gasteiger partial charge is 0.207 e. The molecular weight excluding hydrogens is 279 g/mol. The first-order valence-corrected chi connectivity index (χ1v) is 7.81. The molecule has 110 valence electrons. The number of hydrogen-bond donors (Lipinski definition) is 0. The van der Waals surface area contributed by atoms with Crippen LogP contribution in [0, 0.1) is 23.1 Å². The maximum atomic E-state index is 13.3. The summed E-state index contributed by atoms with van der Waals surface area (Å²) in [4.78, 5) is -0.0615. The SMILES string of the molecule is CC(C)CC(C)N(C)S(=O)(=O)c1ccc(F)c(C#N)c1. The lowest BCUT2D eigenvalue weighted by atomic mass is 10.1. The summed E-state index contributed by atoms with van der Waals surface area (Å²) >= 11 is 0. The third-order valence-corrected chi connectivity index (χ3v) is 5.14. The lowest BCUT2D eigenvalue weighted by Gasteiger charge is -2.25. The molecule has 0 saturated heterocycles. The van der Waals surface area contributed by atoms with Gasteiger partial charge in [0.05, 0.1) is 10.5 Å². The Bertz CT molecular complexity index is 621. The van der Waals surface area contributed by atoms with E-state index in [4.69, 9.17) is 5.26 Å². The number of benzene rings is 1. The Morgan fingerprint density at radius 2 is 1.95 bits per heavy atom. The average molecular weight is 298 g/mol. The van der Waals surface area contributed by atoms with Crippen LogP contribution in [0.5, 0.6) is 0 Å². The second-order valence-corrected chi connectivity index (χ2v) is 7.25. The molecule has 0 aromatic heterocycles. The Morgan fingerprint density at radius 1 is 1.35 bits per heavy atom. The molecule has 20 heavy (non-hydrogen) atoms. The minimum absolute atomic E-state index is 0.0615. The molecule has 1 rings (SSSR count). The molecule has 0 aliphatic heterocycles. The van der Waals surface area contributed by atoms with Crippen molar-refractivity contribution in [2.75, 3.05) is 7.05 Å². The molecule has 1 aromatic carbocycles. The van der Waals surface area contributed by atoms with Crippen LogP contribution in [0.2, 0.25) is 0 Å². The molecule has 1 aromatic rings. The lowest BCUT2D eigenvalue weighted by molar-refractivity contribution is 0.338. The van der Waals surface area contributed by atoms with E-state index in [-0.39, 0.29) is 16.5 Å². The quantitative estimate of drug-likeness (QED) is 0.839. The standard InChI is InChI=1S/C14H19FN2O2S/c1-10(2)7-11(3)17(4)20(18,19)13-5-6-14(15)12(8-13)9-16/h5-6,8,10-11H,7H2,1-4H3. The molecule has 0 aliphatic rings. The lowest BCUT2D eigenvalue weighted by Crippen LogP contribution is -2.35. The minimum atomic E-state index is -3.72. The van der Waals surface area contributed by atoms with E-state index in [0.717, 1.165) is 18.6 Å². The van der Waals surface area contributed by atoms with Crippen molar-refractivity contribution in [3.8, 4) is 6.07 Å². The van der Waals surface area contributed by atoms with Gasteiger partial charge in [0.15, 0.2) is 0 Å². The van der Waals surface area contributed by atoms with Gasteiger partial charge in [-0.3, -0.25) is 0 Å². The summed E-state index contributed by atoms with van der Waals surface area (Å²) in [6.45, 7) is 5.86. The van der Waals surface area contributed by atoms with Gasteiger partial charge in [-0.15, -0.1) is 0 Å². The molecule has 0 aliphatic carbocycles. The van der Waals surface area contributed by atoms with Crippen LogP contribution in [0.25, 0.3) is 0 Å². The van der Waals surface area contributed by atoms with E-state index in [0.29, 0.717) is 5.92 Å². The number of rotatable bonds is 5. The summed E-state index contributed by atoms with van der Waals surface area (Å²) in [7, 11) is -2.22. The van der Waals surface area contributed by atoms with Crippen LogP contribution in [0.3, 0.4) is 0 Å². The predicted octanol–water partition coefficient (Wildman–Crippen LogP) is 2.75. The Hall–Kier alpha value is -1.45. The zero-order valence-corrected chi connectivity index (χ0v) is 12.9. The summed E-state index contributed by atoms with van der Waals surface area (Å²) in [5.74, 6) is -0.352. The first-order valence-electron chi connectivity index (χ1n) is 6.37.